The minimum Gasteiger partial charge on any atom is -0.394 e. The molecule has 66 valence electrons. The lowest BCUT2D eigenvalue weighted by molar-refractivity contribution is -0.00479. The Bertz CT molecular complexity index is 133. The molecule has 1 atom stereocenters. The minimum atomic E-state index is -0.361. The van der Waals surface area contributed by atoms with Crippen LogP contribution in [0.1, 0.15) is 39.5 Å². The molecule has 2 heteroatoms. The van der Waals surface area contributed by atoms with E-state index in [1.807, 2.05) is 6.92 Å². The van der Waals surface area contributed by atoms with Crippen molar-refractivity contribution in [3.63, 3.8) is 0 Å². The lowest BCUT2D eigenvalue weighted by Gasteiger charge is -2.52. The number of hydrogen-bond donors (Lipinski definition) is 2. The van der Waals surface area contributed by atoms with Gasteiger partial charge in [0.25, 0.3) is 0 Å². The van der Waals surface area contributed by atoms with E-state index in [0.29, 0.717) is 0 Å². The molecule has 0 radical (unpaired) electrons. The first-order valence-corrected chi connectivity index (χ1v) is 4.48. The van der Waals surface area contributed by atoms with Crippen LogP contribution in [0.15, 0.2) is 0 Å². The first-order valence-electron chi connectivity index (χ1n) is 4.48. The summed E-state index contributed by atoms with van der Waals surface area (Å²) in [5, 5.41) is 9.10. The summed E-state index contributed by atoms with van der Waals surface area (Å²) < 4.78 is 0. The predicted octanol–water partition coefficient (Wildman–Crippen LogP) is 1.28. The van der Waals surface area contributed by atoms with E-state index in [1.165, 1.54) is 19.3 Å². The second kappa shape index (κ2) is 2.76. The van der Waals surface area contributed by atoms with Gasteiger partial charge in [0, 0.05) is 5.54 Å². The molecule has 3 N–H and O–H groups in total. The summed E-state index contributed by atoms with van der Waals surface area (Å²) in [5.74, 6) is 0. The number of hydrogen-bond acceptors (Lipinski definition) is 2. The topological polar surface area (TPSA) is 46.2 Å². The Morgan fingerprint density at radius 1 is 1.55 bits per heavy atom. The maximum absolute atomic E-state index is 9.10. The Morgan fingerprint density at radius 2 is 2.09 bits per heavy atom. The van der Waals surface area contributed by atoms with Crippen molar-refractivity contribution in [1.29, 1.82) is 0 Å². The van der Waals surface area contributed by atoms with Crippen molar-refractivity contribution in [1.82, 2.24) is 0 Å². The first-order chi connectivity index (χ1) is 5.08. The summed E-state index contributed by atoms with van der Waals surface area (Å²) in [7, 11) is 0. The SMILES string of the molecule is CCC1(C(C)(N)CO)CCC1. The molecular formula is C9H19NO. The van der Waals surface area contributed by atoms with Crippen LogP contribution in [0.5, 0.6) is 0 Å². The summed E-state index contributed by atoms with van der Waals surface area (Å²) in [6.45, 7) is 4.25. The van der Waals surface area contributed by atoms with Crippen molar-refractivity contribution in [2.75, 3.05) is 6.61 Å². The third-order valence-corrected chi connectivity index (χ3v) is 3.53. The van der Waals surface area contributed by atoms with Gasteiger partial charge in [-0.2, -0.15) is 0 Å². The molecule has 0 heterocycles. The molecule has 0 amide bonds. The van der Waals surface area contributed by atoms with Crippen molar-refractivity contribution in [2.24, 2.45) is 11.1 Å². The van der Waals surface area contributed by atoms with Crippen LogP contribution in [0, 0.1) is 5.41 Å². The summed E-state index contributed by atoms with van der Waals surface area (Å²) in [6.07, 6.45) is 4.76. The van der Waals surface area contributed by atoms with Crippen LogP contribution in [0.3, 0.4) is 0 Å². The summed E-state index contributed by atoms with van der Waals surface area (Å²) in [5.41, 5.74) is 5.89. The molecule has 1 saturated carbocycles. The highest BCUT2D eigenvalue weighted by Gasteiger charge is 2.47. The molecule has 1 unspecified atom stereocenters. The molecule has 1 fully saturated rings. The first kappa shape index (κ1) is 9.01. The van der Waals surface area contributed by atoms with Crippen LogP contribution in [0.25, 0.3) is 0 Å². The van der Waals surface area contributed by atoms with Crippen LogP contribution in [-0.2, 0) is 0 Å². The van der Waals surface area contributed by atoms with Gasteiger partial charge in [-0.25, -0.2) is 0 Å². The maximum atomic E-state index is 9.10. The van der Waals surface area contributed by atoms with Crippen molar-refractivity contribution in [2.45, 2.75) is 45.1 Å². The van der Waals surface area contributed by atoms with E-state index in [0.717, 1.165) is 6.42 Å². The fraction of sp³-hybridized carbons (Fsp3) is 1.00. The Kier molecular flexibility index (Phi) is 2.26. The molecule has 1 aliphatic rings. The number of nitrogens with two attached hydrogens (primary N) is 1. The summed E-state index contributed by atoms with van der Waals surface area (Å²) in [6, 6.07) is 0. The monoisotopic (exact) mass is 157 g/mol. The highest BCUT2D eigenvalue weighted by Crippen LogP contribution is 2.50. The third kappa shape index (κ3) is 1.18. The quantitative estimate of drug-likeness (QED) is 0.648. The zero-order valence-electron chi connectivity index (χ0n) is 7.56. The number of aliphatic hydroxyl groups excluding tert-OH is 1. The van der Waals surface area contributed by atoms with Crippen molar-refractivity contribution < 1.29 is 5.11 Å². The van der Waals surface area contributed by atoms with Crippen molar-refractivity contribution in [3.05, 3.63) is 0 Å². The van der Waals surface area contributed by atoms with E-state index in [-0.39, 0.29) is 17.6 Å². The van der Waals surface area contributed by atoms with E-state index in [4.69, 9.17) is 10.8 Å². The van der Waals surface area contributed by atoms with Crippen LogP contribution in [0.2, 0.25) is 0 Å². The van der Waals surface area contributed by atoms with E-state index in [9.17, 15) is 0 Å². The van der Waals surface area contributed by atoms with Crippen LogP contribution >= 0.6 is 0 Å². The average molecular weight is 157 g/mol. The highest BCUT2D eigenvalue weighted by atomic mass is 16.3. The fourth-order valence-corrected chi connectivity index (χ4v) is 2.10. The van der Waals surface area contributed by atoms with Gasteiger partial charge < -0.3 is 10.8 Å². The van der Waals surface area contributed by atoms with Crippen LogP contribution in [0.4, 0.5) is 0 Å². The van der Waals surface area contributed by atoms with Gasteiger partial charge in [-0.15, -0.1) is 0 Å². The van der Waals surface area contributed by atoms with E-state index in [2.05, 4.69) is 6.92 Å². The molecule has 0 spiro atoms. The van der Waals surface area contributed by atoms with Gasteiger partial charge in [-0.05, 0) is 31.6 Å². The van der Waals surface area contributed by atoms with Gasteiger partial charge >= 0.3 is 0 Å². The van der Waals surface area contributed by atoms with E-state index >= 15 is 0 Å². The molecule has 2 nitrogen and oxygen atoms in total. The molecule has 0 aromatic heterocycles. The molecule has 0 aromatic carbocycles. The lowest BCUT2D eigenvalue weighted by Crippen LogP contribution is -2.58. The highest BCUT2D eigenvalue weighted by molar-refractivity contribution is 5.03. The Morgan fingerprint density at radius 3 is 2.18 bits per heavy atom. The molecular weight excluding hydrogens is 138 g/mol. The Hall–Kier alpha value is -0.0800. The molecule has 0 aliphatic heterocycles. The van der Waals surface area contributed by atoms with E-state index in [1.54, 1.807) is 0 Å². The standard InChI is InChI=1S/C9H19NO/c1-3-9(5-4-6-9)8(2,10)7-11/h11H,3-7,10H2,1-2H3. The van der Waals surface area contributed by atoms with Gasteiger partial charge in [-0.1, -0.05) is 13.3 Å². The van der Waals surface area contributed by atoms with Crippen molar-refractivity contribution in [3.8, 4) is 0 Å². The Labute approximate surface area is 68.8 Å². The van der Waals surface area contributed by atoms with Crippen molar-refractivity contribution >= 4 is 0 Å². The van der Waals surface area contributed by atoms with Gasteiger partial charge in [0.2, 0.25) is 0 Å². The molecule has 1 aliphatic carbocycles. The third-order valence-electron chi connectivity index (χ3n) is 3.53. The maximum Gasteiger partial charge on any atom is 0.0613 e. The fourth-order valence-electron chi connectivity index (χ4n) is 2.10. The summed E-state index contributed by atoms with van der Waals surface area (Å²) in [4.78, 5) is 0. The van der Waals surface area contributed by atoms with Gasteiger partial charge in [0.15, 0.2) is 0 Å². The normalized spacial score (nSPS) is 27.3. The zero-order valence-corrected chi connectivity index (χ0v) is 7.56. The Balaban J connectivity index is 2.68. The molecule has 11 heavy (non-hydrogen) atoms. The van der Waals surface area contributed by atoms with Gasteiger partial charge in [0.1, 0.15) is 0 Å². The van der Waals surface area contributed by atoms with E-state index < -0.39 is 0 Å². The van der Waals surface area contributed by atoms with Crippen LogP contribution < -0.4 is 5.73 Å². The summed E-state index contributed by atoms with van der Waals surface area (Å²) >= 11 is 0. The van der Waals surface area contributed by atoms with Gasteiger partial charge in [-0.3, -0.25) is 0 Å². The number of aliphatic hydroxyl groups is 1. The predicted molar refractivity (Wildman–Crippen MR) is 46.3 cm³/mol. The minimum absolute atomic E-state index is 0.112. The average Bonchev–Trinajstić information content (AvgIpc) is 1.86. The second-order valence-electron chi connectivity index (χ2n) is 4.06. The largest absolute Gasteiger partial charge is 0.394 e. The second-order valence-corrected chi connectivity index (χ2v) is 4.06. The number of rotatable bonds is 3. The van der Waals surface area contributed by atoms with Crippen LogP contribution in [-0.4, -0.2) is 17.3 Å². The van der Waals surface area contributed by atoms with Gasteiger partial charge in [0.05, 0.1) is 6.61 Å². The zero-order chi connectivity index (χ0) is 8.54. The smallest absolute Gasteiger partial charge is 0.0613 e. The molecule has 0 saturated heterocycles. The molecule has 0 bridgehead atoms. The lowest BCUT2D eigenvalue weighted by atomic mass is 9.57. The molecule has 0 aromatic rings. The molecule has 1 rings (SSSR count).